The Morgan fingerprint density at radius 3 is 2.64 bits per heavy atom. The second kappa shape index (κ2) is 9.69. The summed E-state index contributed by atoms with van der Waals surface area (Å²) in [4.78, 5) is 39.8. The molecule has 1 aromatic heterocycles. The van der Waals surface area contributed by atoms with Crippen LogP contribution in [0.15, 0.2) is 10.9 Å². The number of nitrogens with zero attached hydrogens (tertiary/aromatic N) is 2. The highest BCUT2D eigenvalue weighted by atomic mass is 32.2. The highest BCUT2D eigenvalue weighted by Crippen LogP contribution is 2.34. The molecular weight excluding hydrogens is 378 g/mol. The van der Waals surface area contributed by atoms with Crippen LogP contribution in [0.1, 0.15) is 57.0 Å². The summed E-state index contributed by atoms with van der Waals surface area (Å²) in [6, 6.07) is 1.58. The fourth-order valence-electron chi connectivity index (χ4n) is 4.03. The van der Waals surface area contributed by atoms with Crippen molar-refractivity contribution in [1.82, 2.24) is 14.9 Å². The van der Waals surface area contributed by atoms with Crippen molar-refractivity contribution in [1.29, 1.82) is 0 Å². The lowest BCUT2D eigenvalue weighted by Crippen LogP contribution is -2.30. The topological polar surface area (TPSA) is 90.3 Å². The van der Waals surface area contributed by atoms with Crippen molar-refractivity contribution in [2.45, 2.75) is 76.7 Å². The lowest BCUT2D eigenvalue weighted by Gasteiger charge is -2.29. The molecule has 1 aromatic rings. The summed E-state index contributed by atoms with van der Waals surface area (Å²) in [6.07, 6.45) is 6.64. The molecule has 1 aliphatic carbocycles. The van der Waals surface area contributed by atoms with Gasteiger partial charge >= 0.3 is 0 Å². The van der Waals surface area contributed by atoms with Crippen LogP contribution in [0.4, 0.5) is 4.79 Å². The highest BCUT2D eigenvalue weighted by Gasteiger charge is 2.34. The smallest absolute Gasteiger partial charge is 0.286 e. The van der Waals surface area contributed by atoms with Crippen molar-refractivity contribution >= 4 is 22.9 Å². The van der Waals surface area contributed by atoms with E-state index in [1.807, 2.05) is 6.92 Å². The van der Waals surface area contributed by atoms with Gasteiger partial charge in [-0.05, 0) is 51.4 Å². The highest BCUT2D eigenvalue weighted by molar-refractivity contribution is 8.15. The molecule has 0 radical (unpaired) electrons. The number of ether oxygens (including phenoxy) is 1. The number of rotatable bonds is 8. The monoisotopic (exact) mass is 407 g/mol. The quantitative estimate of drug-likeness (QED) is 0.713. The summed E-state index contributed by atoms with van der Waals surface area (Å²) in [5.41, 5.74) is 0.755. The number of carbonyl (C=O) groups is 2. The first-order valence-corrected chi connectivity index (χ1v) is 11.0. The van der Waals surface area contributed by atoms with E-state index < -0.39 is 0 Å². The molecule has 3 rings (SSSR count). The molecule has 1 saturated heterocycles. The molecule has 1 aliphatic heterocycles. The molecule has 0 bridgehead atoms. The lowest BCUT2D eigenvalue weighted by molar-refractivity contribution is -0.119. The van der Waals surface area contributed by atoms with E-state index in [1.54, 1.807) is 10.6 Å². The summed E-state index contributed by atoms with van der Waals surface area (Å²) in [7, 11) is 0. The summed E-state index contributed by atoms with van der Waals surface area (Å²) in [5, 5.41) is 1.90. The Morgan fingerprint density at radius 1 is 1.25 bits per heavy atom. The second-order valence-electron chi connectivity index (χ2n) is 7.69. The molecule has 0 spiro atoms. The first-order valence-electron chi connectivity index (χ1n) is 10.2. The van der Waals surface area contributed by atoms with Crippen LogP contribution in [0.2, 0.25) is 0 Å². The van der Waals surface area contributed by atoms with Gasteiger partial charge in [-0.15, -0.1) is 0 Å². The molecule has 1 atom stereocenters. The predicted molar refractivity (Wildman–Crippen MR) is 108 cm³/mol. The molecule has 28 heavy (non-hydrogen) atoms. The molecule has 2 heterocycles. The van der Waals surface area contributed by atoms with Crippen molar-refractivity contribution in [2.75, 3.05) is 6.61 Å². The SMILES string of the molecule is CCCc1nc(C)cc(=O)n1CCOC1CCC(CC2SC(=O)NC2=O)CC1. The lowest BCUT2D eigenvalue weighted by atomic mass is 9.84. The van der Waals surface area contributed by atoms with Crippen LogP contribution < -0.4 is 10.9 Å². The van der Waals surface area contributed by atoms with Crippen molar-refractivity contribution in [3.8, 4) is 0 Å². The van der Waals surface area contributed by atoms with Gasteiger partial charge in [0, 0.05) is 18.2 Å². The largest absolute Gasteiger partial charge is 0.376 e. The Bertz CT molecular complexity index is 771. The number of nitrogens with one attached hydrogen (secondary N) is 1. The van der Waals surface area contributed by atoms with Crippen LogP contribution >= 0.6 is 11.8 Å². The van der Waals surface area contributed by atoms with Gasteiger partial charge in [0.2, 0.25) is 5.91 Å². The number of amides is 2. The normalized spacial score (nSPS) is 25.1. The average Bonchev–Trinajstić information content (AvgIpc) is 2.96. The van der Waals surface area contributed by atoms with Gasteiger partial charge in [0.05, 0.1) is 24.5 Å². The van der Waals surface area contributed by atoms with E-state index >= 15 is 0 Å². The number of carbonyl (C=O) groups excluding carboxylic acids is 2. The zero-order valence-electron chi connectivity index (χ0n) is 16.6. The van der Waals surface area contributed by atoms with Gasteiger partial charge in [0.1, 0.15) is 5.82 Å². The van der Waals surface area contributed by atoms with Crippen LogP contribution in [0.5, 0.6) is 0 Å². The molecule has 1 N–H and O–H groups in total. The van der Waals surface area contributed by atoms with Gasteiger partial charge in [0.25, 0.3) is 10.8 Å². The number of imide groups is 1. The van der Waals surface area contributed by atoms with Gasteiger partial charge < -0.3 is 4.74 Å². The Morgan fingerprint density at radius 2 is 2.00 bits per heavy atom. The first-order chi connectivity index (χ1) is 13.5. The van der Waals surface area contributed by atoms with E-state index in [-0.39, 0.29) is 28.1 Å². The molecular formula is C20H29N3O4S. The summed E-state index contributed by atoms with van der Waals surface area (Å²) < 4.78 is 7.77. The minimum Gasteiger partial charge on any atom is -0.376 e. The molecule has 154 valence electrons. The molecule has 8 heteroatoms. The Hall–Kier alpha value is -1.67. The summed E-state index contributed by atoms with van der Waals surface area (Å²) in [6.45, 7) is 4.97. The molecule has 0 aromatic carbocycles. The number of thioether (sulfide) groups is 1. The van der Waals surface area contributed by atoms with Crippen LogP contribution in [-0.2, 0) is 22.5 Å². The van der Waals surface area contributed by atoms with Crippen molar-refractivity contribution in [3.05, 3.63) is 27.9 Å². The molecule has 1 saturated carbocycles. The van der Waals surface area contributed by atoms with Crippen molar-refractivity contribution < 1.29 is 14.3 Å². The summed E-state index contributed by atoms with van der Waals surface area (Å²) in [5.74, 6) is 1.16. The Labute approximate surface area is 169 Å². The van der Waals surface area contributed by atoms with Crippen molar-refractivity contribution in [2.24, 2.45) is 5.92 Å². The zero-order chi connectivity index (χ0) is 20.1. The predicted octanol–water partition coefficient (Wildman–Crippen LogP) is 2.82. The fraction of sp³-hybridized carbons (Fsp3) is 0.700. The number of aryl methyl sites for hydroxylation is 2. The van der Waals surface area contributed by atoms with E-state index in [2.05, 4.69) is 17.2 Å². The van der Waals surface area contributed by atoms with Gasteiger partial charge in [-0.2, -0.15) is 0 Å². The zero-order valence-corrected chi connectivity index (χ0v) is 17.4. The van der Waals surface area contributed by atoms with Crippen LogP contribution in [0.3, 0.4) is 0 Å². The first kappa shape index (κ1) is 21.0. The van der Waals surface area contributed by atoms with Gasteiger partial charge in [-0.3, -0.25) is 24.3 Å². The van der Waals surface area contributed by atoms with E-state index in [4.69, 9.17) is 4.74 Å². The fourth-order valence-corrected chi connectivity index (χ4v) is 4.98. The Balaban J connectivity index is 1.43. The maximum atomic E-state index is 12.3. The third kappa shape index (κ3) is 5.44. The van der Waals surface area contributed by atoms with Crippen LogP contribution in [-0.4, -0.2) is 38.7 Å². The van der Waals surface area contributed by atoms with Gasteiger partial charge in [-0.1, -0.05) is 18.7 Å². The number of aromatic nitrogens is 2. The minimum absolute atomic E-state index is 0.00912. The maximum Gasteiger partial charge on any atom is 0.286 e. The minimum atomic E-state index is -0.229. The average molecular weight is 408 g/mol. The van der Waals surface area contributed by atoms with E-state index in [1.165, 1.54) is 0 Å². The second-order valence-corrected chi connectivity index (χ2v) is 8.86. The number of hydrogen-bond donors (Lipinski definition) is 1. The molecule has 2 aliphatic rings. The standard InChI is InChI=1S/C20H29N3O4S/c1-3-4-17-21-13(2)11-18(24)23(17)9-10-27-15-7-5-14(6-8-15)12-16-19(25)22-20(26)28-16/h11,14-16H,3-10,12H2,1-2H3,(H,22,25,26). The third-order valence-corrected chi connectivity index (χ3v) is 6.47. The maximum absolute atomic E-state index is 12.3. The number of hydrogen-bond acceptors (Lipinski definition) is 6. The molecule has 2 fully saturated rings. The van der Waals surface area contributed by atoms with E-state index in [0.29, 0.717) is 19.1 Å². The molecule has 2 amide bonds. The summed E-state index contributed by atoms with van der Waals surface area (Å²) >= 11 is 1.12. The Kier molecular flexibility index (Phi) is 7.29. The van der Waals surface area contributed by atoms with E-state index in [9.17, 15) is 14.4 Å². The van der Waals surface area contributed by atoms with E-state index in [0.717, 1.165) is 68.2 Å². The van der Waals surface area contributed by atoms with Crippen LogP contribution in [0.25, 0.3) is 0 Å². The van der Waals surface area contributed by atoms with Gasteiger partial charge in [0.15, 0.2) is 0 Å². The van der Waals surface area contributed by atoms with Crippen molar-refractivity contribution in [3.63, 3.8) is 0 Å². The molecule has 7 nitrogen and oxygen atoms in total. The van der Waals surface area contributed by atoms with Gasteiger partial charge in [-0.25, -0.2) is 4.98 Å². The molecule has 1 unspecified atom stereocenters. The van der Waals surface area contributed by atoms with Crippen LogP contribution in [0, 0.1) is 12.8 Å². The third-order valence-electron chi connectivity index (χ3n) is 5.47.